The van der Waals surface area contributed by atoms with Gasteiger partial charge in [0.25, 0.3) is 11.5 Å². The molecule has 0 spiro atoms. The average molecular weight is 570 g/mol. The molecule has 0 saturated carbocycles. The van der Waals surface area contributed by atoms with Crippen LogP contribution in [-0.4, -0.2) is 45.9 Å². The van der Waals surface area contributed by atoms with E-state index in [1.165, 1.54) is 17.4 Å². The van der Waals surface area contributed by atoms with E-state index in [1.54, 1.807) is 16.4 Å². The second-order valence-electron chi connectivity index (χ2n) is 9.96. The van der Waals surface area contributed by atoms with Crippen molar-refractivity contribution in [2.45, 2.75) is 33.9 Å². The number of thiocarbonyl (C=S) groups is 1. The number of pyridine rings is 1. The molecule has 9 heteroatoms. The molecule has 1 amide bonds. The van der Waals surface area contributed by atoms with Crippen molar-refractivity contribution in [1.29, 1.82) is 5.26 Å². The van der Waals surface area contributed by atoms with E-state index in [-0.39, 0.29) is 17.0 Å². The molecule has 2 aliphatic rings. The first-order valence-electron chi connectivity index (χ1n) is 13.4. The van der Waals surface area contributed by atoms with Crippen LogP contribution in [0.2, 0.25) is 0 Å². The number of anilines is 2. The first-order chi connectivity index (χ1) is 19.3. The highest BCUT2D eigenvalue weighted by Gasteiger charge is 2.33. The van der Waals surface area contributed by atoms with Gasteiger partial charge in [0.2, 0.25) is 0 Å². The third-order valence-corrected chi connectivity index (χ3v) is 8.85. The summed E-state index contributed by atoms with van der Waals surface area (Å²) in [5.74, 6) is 0.586. The molecule has 2 fully saturated rings. The number of aryl methyl sites for hydroxylation is 1. The molecule has 0 aliphatic carbocycles. The summed E-state index contributed by atoms with van der Waals surface area (Å²) in [6, 6.07) is 20.5. The van der Waals surface area contributed by atoms with Crippen molar-refractivity contribution < 1.29 is 4.79 Å². The maximum atomic E-state index is 13.6. The summed E-state index contributed by atoms with van der Waals surface area (Å²) in [7, 11) is 0. The van der Waals surface area contributed by atoms with Crippen LogP contribution in [0.3, 0.4) is 0 Å². The van der Waals surface area contributed by atoms with Crippen molar-refractivity contribution in [3.05, 3.63) is 97.7 Å². The molecule has 204 valence electrons. The van der Waals surface area contributed by atoms with Gasteiger partial charge in [0.15, 0.2) is 0 Å². The van der Waals surface area contributed by atoms with Crippen molar-refractivity contribution in [2.24, 2.45) is 0 Å². The van der Waals surface area contributed by atoms with Gasteiger partial charge in [0.1, 0.15) is 21.8 Å². The van der Waals surface area contributed by atoms with E-state index in [0.717, 1.165) is 35.6 Å². The van der Waals surface area contributed by atoms with Gasteiger partial charge in [-0.05, 0) is 50.1 Å². The fraction of sp³-hybridized carbons (Fsp3) is 0.290. The lowest BCUT2D eigenvalue weighted by molar-refractivity contribution is -0.122. The van der Waals surface area contributed by atoms with Crippen LogP contribution >= 0.6 is 24.0 Å². The fourth-order valence-corrected chi connectivity index (χ4v) is 6.47. The van der Waals surface area contributed by atoms with Gasteiger partial charge in [0.05, 0.1) is 11.4 Å². The van der Waals surface area contributed by atoms with E-state index in [0.29, 0.717) is 41.0 Å². The van der Waals surface area contributed by atoms with Gasteiger partial charge in [0, 0.05) is 44.0 Å². The predicted molar refractivity (Wildman–Crippen MR) is 167 cm³/mol. The normalized spacial score (nSPS) is 16.6. The molecule has 40 heavy (non-hydrogen) atoms. The van der Waals surface area contributed by atoms with E-state index in [2.05, 4.69) is 28.0 Å². The van der Waals surface area contributed by atoms with Crippen LogP contribution in [0.25, 0.3) is 6.08 Å². The van der Waals surface area contributed by atoms with E-state index >= 15 is 0 Å². The van der Waals surface area contributed by atoms with Crippen molar-refractivity contribution in [3.63, 3.8) is 0 Å². The Morgan fingerprint density at radius 1 is 0.975 bits per heavy atom. The van der Waals surface area contributed by atoms with Gasteiger partial charge in [-0.2, -0.15) is 5.26 Å². The van der Waals surface area contributed by atoms with Gasteiger partial charge >= 0.3 is 0 Å². The minimum absolute atomic E-state index is 0.106. The minimum atomic E-state index is -0.299. The number of carbonyl (C=O) groups is 1. The number of nitrogens with zero attached hydrogens (tertiary/aromatic N) is 5. The highest BCUT2D eigenvalue weighted by Crippen LogP contribution is 2.37. The zero-order valence-corrected chi connectivity index (χ0v) is 24.5. The number of benzene rings is 2. The Bertz CT molecular complexity index is 1580. The summed E-state index contributed by atoms with van der Waals surface area (Å²) >= 11 is 6.87. The summed E-state index contributed by atoms with van der Waals surface area (Å²) in [6.07, 6.45) is 1.83. The second-order valence-corrected chi connectivity index (χ2v) is 11.6. The lowest BCUT2D eigenvalue weighted by atomic mass is 10.0. The maximum absolute atomic E-state index is 13.6. The Kier molecular flexibility index (Phi) is 8.10. The third-order valence-electron chi connectivity index (χ3n) is 7.47. The van der Waals surface area contributed by atoms with Gasteiger partial charge in [-0.25, -0.2) is 0 Å². The van der Waals surface area contributed by atoms with Crippen molar-refractivity contribution in [1.82, 2.24) is 9.47 Å². The molecule has 7 nitrogen and oxygen atoms in total. The van der Waals surface area contributed by atoms with E-state index in [9.17, 15) is 14.9 Å². The average Bonchev–Trinajstić information content (AvgIpc) is 3.23. The van der Waals surface area contributed by atoms with Crippen LogP contribution in [0.5, 0.6) is 0 Å². The number of nitriles is 1. The number of carbonyl (C=O) groups excluding carboxylic acids is 1. The molecule has 2 saturated heterocycles. The van der Waals surface area contributed by atoms with Crippen LogP contribution in [0.4, 0.5) is 11.5 Å². The SMILES string of the molecule is CCn1c(N2CCN(c3ccccc3)CC2)c(C=C2SC(=S)N(Cc3ccc(C)cc3)C2=O)c(C)c(C#N)c1=O. The van der Waals surface area contributed by atoms with Crippen LogP contribution in [0.1, 0.15) is 34.7 Å². The number of hydrogen-bond donors (Lipinski definition) is 0. The lowest BCUT2D eigenvalue weighted by Gasteiger charge is -2.39. The molecule has 0 unspecified atom stereocenters. The lowest BCUT2D eigenvalue weighted by Crippen LogP contribution is -2.48. The van der Waals surface area contributed by atoms with E-state index in [1.807, 2.05) is 62.4 Å². The Hall–Kier alpha value is -3.87. The molecule has 3 heterocycles. The van der Waals surface area contributed by atoms with E-state index in [4.69, 9.17) is 12.2 Å². The van der Waals surface area contributed by atoms with Crippen molar-refractivity contribution >= 4 is 51.8 Å². The monoisotopic (exact) mass is 569 g/mol. The number of para-hydroxylation sites is 1. The molecule has 3 aromatic rings. The first kappa shape index (κ1) is 27.7. The molecule has 2 aliphatic heterocycles. The van der Waals surface area contributed by atoms with Crippen molar-refractivity contribution in [3.8, 4) is 6.07 Å². The minimum Gasteiger partial charge on any atom is -0.368 e. The highest BCUT2D eigenvalue weighted by atomic mass is 32.2. The topological polar surface area (TPSA) is 72.6 Å². The van der Waals surface area contributed by atoms with Gasteiger partial charge in [-0.1, -0.05) is 72.0 Å². The van der Waals surface area contributed by atoms with Crippen LogP contribution in [0, 0.1) is 25.2 Å². The quantitative estimate of drug-likeness (QED) is 0.303. The number of piperazine rings is 1. The molecule has 2 aromatic carbocycles. The van der Waals surface area contributed by atoms with Crippen molar-refractivity contribution in [2.75, 3.05) is 36.0 Å². The molecule has 0 atom stereocenters. The number of rotatable bonds is 6. The molecule has 5 rings (SSSR count). The Morgan fingerprint density at radius 3 is 2.25 bits per heavy atom. The zero-order chi connectivity index (χ0) is 28.4. The molecule has 0 radical (unpaired) electrons. The standard InChI is InChI=1S/C31H31N5O2S2/c1-4-35-28(34-16-14-33(15-17-34)24-8-6-5-7-9-24)25(22(3)26(19-32)29(35)37)18-27-30(38)36(31(39)40-27)20-23-12-10-21(2)11-13-23/h5-13,18H,4,14-17,20H2,1-3H3. The number of hydrogen-bond acceptors (Lipinski definition) is 7. The fourth-order valence-electron chi connectivity index (χ4n) is 5.24. The third kappa shape index (κ3) is 5.29. The Morgan fingerprint density at radius 2 is 1.62 bits per heavy atom. The summed E-state index contributed by atoms with van der Waals surface area (Å²) in [5.41, 5.74) is 4.44. The number of amides is 1. The zero-order valence-electron chi connectivity index (χ0n) is 22.9. The first-order valence-corrected chi connectivity index (χ1v) is 14.6. The molecular formula is C31H31N5O2S2. The summed E-state index contributed by atoms with van der Waals surface area (Å²) < 4.78 is 2.17. The molecule has 0 N–H and O–H groups in total. The van der Waals surface area contributed by atoms with Crippen LogP contribution in [-0.2, 0) is 17.9 Å². The Labute approximate surface area is 244 Å². The predicted octanol–water partition coefficient (Wildman–Crippen LogP) is 5.08. The molecule has 1 aromatic heterocycles. The summed E-state index contributed by atoms with van der Waals surface area (Å²) in [4.78, 5) is 33.6. The second kappa shape index (κ2) is 11.7. The van der Waals surface area contributed by atoms with Gasteiger partial charge in [-0.15, -0.1) is 0 Å². The molecular weight excluding hydrogens is 539 g/mol. The number of thioether (sulfide) groups is 1. The van der Waals surface area contributed by atoms with Gasteiger partial charge < -0.3 is 9.80 Å². The summed E-state index contributed by atoms with van der Waals surface area (Å²) in [5, 5.41) is 9.88. The Balaban J connectivity index is 1.51. The molecule has 0 bridgehead atoms. The maximum Gasteiger partial charge on any atom is 0.270 e. The highest BCUT2D eigenvalue weighted by molar-refractivity contribution is 8.26. The smallest absolute Gasteiger partial charge is 0.270 e. The van der Waals surface area contributed by atoms with Gasteiger partial charge in [-0.3, -0.25) is 19.1 Å². The van der Waals surface area contributed by atoms with E-state index < -0.39 is 0 Å². The largest absolute Gasteiger partial charge is 0.368 e. The summed E-state index contributed by atoms with van der Waals surface area (Å²) in [6.45, 7) is 9.53. The number of aromatic nitrogens is 1. The van der Waals surface area contributed by atoms with Crippen LogP contribution < -0.4 is 15.4 Å². The van der Waals surface area contributed by atoms with Crippen LogP contribution in [0.15, 0.2) is 64.3 Å².